The van der Waals surface area contributed by atoms with E-state index >= 15 is 0 Å². The highest BCUT2D eigenvalue weighted by Crippen LogP contribution is 2.30. The summed E-state index contributed by atoms with van der Waals surface area (Å²) in [5.74, 6) is -0.772. The highest BCUT2D eigenvalue weighted by Gasteiger charge is 2.49. The van der Waals surface area contributed by atoms with Gasteiger partial charge in [0.2, 0.25) is 5.91 Å². The molecule has 0 spiro atoms. The van der Waals surface area contributed by atoms with Crippen molar-refractivity contribution in [3.05, 3.63) is 90.0 Å². The number of hydrogen-bond acceptors (Lipinski definition) is 4. The largest absolute Gasteiger partial charge is 0.356 e. The van der Waals surface area contributed by atoms with Crippen molar-refractivity contribution < 1.29 is 14.4 Å². The van der Waals surface area contributed by atoms with Gasteiger partial charge >= 0.3 is 6.03 Å². The molecule has 1 aliphatic heterocycles. The summed E-state index contributed by atoms with van der Waals surface area (Å²) >= 11 is 0. The lowest BCUT2D eigenvalue weighted by Crippen LogP contribution is -2.46. The van der Waals surface area contributed by atoms with Crippen LogP contribution in [-0.2, 0) is 15.1 Å². The number of imide groups is 1. The van der Waals surface area contributed by atoms with Crippen LogP contribution < -0.4 is 15.5 Å². The van der Waals surface area contributed by atoms with Crippen molar-refractivity contribution >= 4 is 34.9 Å². The van der Waals surface area contributed by atoms with E-state index in [2.05, 4.69) is 10.6 Å². The smallest absolute Gasteiger partial charge is 0.325 e. The van der Waals surface area contributed by atoms with Gasteiger partial charge in [0.1, 0.15) is 12.1 Å². The van der Waals surface area contributed by atoms with Gasteiger partial charge in [0, 0.05) is 23.1 Å². The molecule has 3 aromatic rings. The van der Waals surface area contributed by atoms with E-state index < -0.39 is 17.5 Å². The Bertz CT molecular complexity index is 1220. The van der Waals surface area contributed by atoms with Crippen molar-refractivity contribution in [2.24, 2.45) is 0 Å². The van der Waals surface area contributed by atoms with Crippen molar-refractivity contribution in [3.63, 3.8) is 0 Å². The number of anilines is 3. The first kappa shape index (κ1) is 24.0. The molecule has 0 saturated carbocycles. The predicted octanol–water partition coefficient (Wildman–Crippen LogP) is 4.95. The van der Waals surface area contributed by atoms with Gasteiger partial charge in [0.05, 0.1) is 0 Å². The summed E-state index contributed by atoms with van der Waals surface area (Å²) in [6, 6.07) is 24.0. The molecular formula is C28H30N4O3. The summed E-state index contributed by atoms with van der Waals surface area (Å²) in [4.78, 5) is 42.0. The minimum absolute atomic E-state index is 0.167. The summed E-state index contributed by atoms with van der Waals surface area (Å²) in [6.45, 7) is 7.08. The van der Waals surface area contributed by atoms with Crippen molar-refractivity contribution in [2.75, 3.05) is 16.8 Å². The van der Waals surface area contributed by atoms with Gasteiger partial charge < -0.3 is 15.5 Å². The zero-order valence-electron chi connectivity index (χ0n) is 20.4. The standard InChI is InChI=1S/C28H30N4O3/c1-19(2)32(24-16-14-23(15-17-24)29-22-8-6-5-7-9-22)25(33)18-31-26(34)28(4,30-27(31)35)21-12-10-20(3)11-13-21/h5-17,19,29H,18H2,1-4H3,(H,30,35). The second kappa shape index (κ2) is 9.62. The Balaban J connectivity index is 1.50. The Morgan fingerprint density at radius 2 is 1.54 bits per heavy atom. The Morgan fingerprint density at radius 3 is 2.14 bits per heavy atom. The van der Waals surface area contributed by atoms with E-state index in [-0.39, 0.29) is 18.5 Å². The zero-order valence-corrected chi connectivity index (χ0v) is 20.4. The number of benzene rings is 3. The molecule has 3 aromatic carbocycles. The number of urea groups is 1. The Labute approximate surface area is 205 Å². The lowest BCUT2D eigenvalue weighted by atomic mass is 9.91. The lowest BCUT2D eigenvalue weighted by molar-refractivity contribution is -0.134. The molecule has 7 nitrogen and oxygen atoms in total. The number of aryl methyl sites for hydroxylation is 1. The highest BCUT2D eigenvalue weighted by molar-refractivity contribution is 6.10. The first-order chi connectivity index (χ1) is 16.7. The van der Waals surface area contributed by atoms with Gasteiger partial charge in [-0.2, -0.15) is 0 Å². The third kappa shape index (κ3) is 4.89. The second-order valence-corrected chi connectivity index (χ2v) is 9.21. The average Bonchev–Trinajstić information content (AvgIpc) is 3.05. The van der Waals surface area contributed by atoms with Crippen molar-refractivity contribution in [2.45, 2.75) is 39.3 Å². The molecule has 0 aromatic heterocycles. The summed E-state index contributed by atoms with van der Waals surface area (Å²) in [5, 5.41) is 6.09. The maximum atomic E-state index is 13.3. The topological polar surface area (TPSA) is 81.8 Å². The lowest BCUT2D eigenvalue weighted by Gasteiger charge is -2.29. The van der Waals surface area contributed by atoms with Crippen LogP contribution in [0.5, 0.6) is 0 Å². The molecule has 1 aliphatic rings. The molecule has 4 amide bonds. The number of hydrogen-bond donors (Lipinski definition) is 2. The van der Waals surface area contributed by atoms with Crippen molar-refractivity contribution in [3.8, 4) is 0 Å². The van der Waals surface area contributed by atoms with Crippen LogP contribution in [0.1, 0.15) is 31.9 Å². The van der Waals surface area contributed by atoms with Crippen LogP contribution in [0.3, 0.4) is 0 Å². The fourth-order valence-corrected chi connectivity index (χ4v) is 4.26. The molecule has 1 atom stereocenters. The highest BCUT2D eigenvalue weighted by atomic mass is 16.2. The van der Waals surface area contributed by atoms with Gasteiger partial charge in [-0.3, -0.25) is 14.5 Å². The van der Waals surface area contributed by atoms with Crippen LogP contribution in [0.4, 0.5) is 21.9 Å². The molecule has 0 aliphatic carbocycles. The Kier molecular flexibility index (Phi) is 6.60. The van der Waals surface area contributed by atoms with E-state index in [0.717, 1.165) is 21.8 Å². The molecule has 180 valence electrons. The van der Waals surface area contributed by atoms with E-state index in [1.54, 1.807) is 11.8 Å². The van der Waals surface area contributed by atoms with E-state index in [1.807, 2.05) is 99.6 Å². The number of amides is 4. The Hall–Kier alpha value is -4.13. The molecule has 1 unspecified atom stereocenters. The van der Waals surface area contributed by atoms with E-state index in [1.165, 1.54) is 0 Å². The fraction of sp³-hybridized carbons (Fsp3) is 0.250. The average molecular weight is 471 g/mol. The monoisotopic (exact) mass is 470 g/mol. The first-order valence-electron chi connectivity index (χ1n) is 11.6. The zero-order chi connectivity index (χ0) is 25.2. The number of carbonyl (C=O) groups is 3. The maximum Gasteiger partial charge on any atom is 0.325 e. The van der Waals surface area contributed by atoms with Gasteiger partial charge in [-0.15, -0.1) is 0 Å². The normalized spacial score (nSPS) is 17.5. The minimum Gasteiger partial charge on any atom is -0.356 e. The van der Waals surface area contributed by atoms with Gasteiger partial charge in [-0.25, -0.2) is 4.79 Å². The number of nitrogens with one attached hydrogen (secondary N) is 2. The molecule has 7 heteroatoms. The molecule has 35 heavy (non-hydrogen) atoms. The van der Waals surface area contributed by atoms with E-state index in [0.29, 0.717) is 11.3 Å². The molecule has 0 bridgehead atoms. The molecule has 1 heterocycles. The number of carbonyl (C=O) groups excluding carboxylic acids is 3. The predicted molar refractivity (Wildman–Crippen MR) is 138 cm³/mol. The number of para-hydroxylation sites is 1. The van der Waals surface area contributed by atoms with Gasteiger partial charge in [0.25, 0.3) is 5.91 Å². The van der Waals surface area contributed by atoms with E-state index in [4.69, 9.17) is 0 Å². The fourth-order valence-electron chi connectivity index (χ4n) is 4.26. The van der Waals surface area contributed by atoms with Crippen LogP contribution >= 0.6 is 0 Å². The molecule has 4 rings (SSSR count). The minimum atomic E-state index is -1.21. The second-order valence-electron chi connectivity index (χ2n) is 9.21. The molecular weight excluding hydrogens is 440 g/mol. The summed E-state index contributed by atoms with van der Waals surface area (Å²) < 4.78 is 0. The SMILES string of the molecule is Cc1ccc(C2(C)NC(=O)N(CC(=O)N(c3ccc(Nc4ccccc4)cc3)C(C)C)C2=O)cc1. The van der Waals surface area contributed by atoms with Crippen molar-refractivity contribution in [1.82, 2.24) is 10.2 Å². The quantitative estimate of drug-likeness (QED) is 0.479. The summed E-state index contributed by atoms with van der Waals surface area (Å²) in [5.41, 5.74) is 3.07. The van der Waals surface area contributed by atoms with Gasteiger partial charge in [-0.05, 0) is 69.7 Å². The van der Waals surface area contributed by atoms with E-state index in [9.17, 15) is 14.4 Å². The third-order valence-electron chi connectivity index (χ3n) is 6.19. The first-order valence-corrected chi connectivity index (χ1v) is 11.6. The molecule has 2 N–H and O–H groups in total. The number of rotatable bonds is 7. The third-order valence-corrected chi connectivity index (χ3v) is 6.19. The Morgan fingerprint density at radius 1 is 0.943 bits per heavy atom. The van der Waals surface area contributed by atoms with Crippen LogP contribution in [-0.4, -0.2) is 35.3 Å². The van der Waals surface area contributed by atoms with Crippen LogP contribution in [0, 0.1) is 6.92 Å². The van der Waals surface area contributed by atoms with Crippen LogP contribution in [0.25, 0.3) is 0 Å². The maximum absolute atomic E-state index is 13.3. The molecule has 1 fully saturated rings. The molecule has 0 radical (unpaired) electrons. The summed E-state index contributed by atoms with van der Waals surface area (Å²) in [6.07, 6.45) is 0. The summed E-state index contributed by atoms with van der Waals surface area (Å²) in [7, 11) is 0. The van der Waals surface area contributed by atoms with Gasteiger partial charge in [-0.1, -0.05) is 48.0 Å². The van der Waals surface area contributed by atoms with Gasteiger partial charge in [0.15, 0.2) is 0 Å². The van der Waals surface area contributed by atoms with Crippen LogP contribution in [0.15, 0.2) is 78.9 Å². The van der Waals surface area contributed by atoms with Crippen molar-refractivity contribution in [1.29, 1.82) is 0 Å². The number of nitrogens with zero attached hydrogens (tertiary/aromatic N) is 2. The molecule has 1 saturated heterocycles. The van der Waals surface area contributed by atoms with Crippen LogP contribution in [0.2, 0.25) is 0 Å².